The third-order valence-corrected chi connectivity index (χ3v) is 3.57. The van der Waals surface area contributed by atoms with E-state index < -0.39 is 0 Å². The van der Waals surface area contributed by atoms with E-state index in [-0.39, 0.29) is 6.04 Å². The Morgan fingerprint density at radius 1 is 1.29 bits per heavy atom. The molecule has 1 unspecified atom stereocenters. The predicted octanol–water partition coefficient (Wildman–Crippen LogP) is 2.44. The van der Waals surface area contributed by atoms with Gasteiger partial charge in [0, 0.05) is 19.2 Å². The van der Waals surface area contributed by atoms with Crippen LogP contribution < -0.4 is 15.4 Å². The number of ether oxygens (including phenoxy) is 1. The highest BCUT2D eigenvalue weighted by atomic mass is 16.5. The van der Waals surface area contributed by atoms with E-state index in [1.807, 2.05) is 32.2 Å². The van der Waals surface area contributed by atoms with E-state index in [9.17, 15) is 0 Å². The first-order valence-corrected chi connectivity index (χ1v) is 6.97. The molecular formula is C16H22N4O. The maximum atomic E-state index is 5.80. The van der Waals surface area contributed by atoms with Crippen LogP contribution in [-0.2, 0) is 6.42 Å². The number of nitrogens with zero attached hydrogens (tertiary/aromatic N) is 3. The third-order valence-electron chi connectivity index (χ3n) is 3.57. The van der Waals surface area contributed by atoms with Gasteiger partial charge in [-0.3, -0.25) is 0 Å². The molecule has 2 rings (SSSR count). The molecule has 0 bridgehead atoms. The van der Waals surface area contributed by atoms with Crippen LogP contribution in [-0.4, -0.2) is 30.2 Å². The quantitative estimate of drug-likeness (QED) is 0.914. The monoisotopic (exact) mass is 286 g/mol. The van der Waals surface area contributed by atoms with E-state index in [0.29, 0.717) is 11.6 Å². The molecule has 0 aliphatic rings. The molecule has 1 heterocycles. The fourth-order valence-electron chi connectivity index (χ4n) is 2.31. The second-order valence-corrected chi connectivity index (χ2v) is 5.17. The van der Waals surface area contributed by atoms with Crippen LogP contribution in [0.5, 0.6) is 5.75 Å². The first-order chi connectivity index (χ1) is 10.0. The fourth-order valence-corrected chi connectivity index (χ4v) is 2.31. The third kappa shape index (κ3) is 3.62. The van der Waals surface area contributed by atoms with Crippen LogP contribution in [0.3, 0.4) is 0 Å². The van der Waals surface area contributed by atoms with Crippen molar-refractivity contribution < 1.29 is 4.74 Å². The molecule has 5 nitrogen and oxygen atoms in total. The fraction of sp³-hybridized carbons (Fsp3) is 0.375. The maximum Gasteiger partial charge on any atom is 0.134 e. The van der Waals surface area contributed by atoms with Gasteiger partial charge in [0.1, 0.15) is 23.2 Å². The van der Waals surface area contributed by atoms with Gasteiger partial charge in [-0.1, -0.05) is 18.2 Å². The van der Waals surface area contributed by atoms with E-state index in [1.165, 1.54) is 5.56 Å². The SMILES string of the molecule is COc1ccccc1CC(C)N(C)c1cc(N)nc(C)n1. The van der Waals surface area contributed by atoms with Gasteiger partial charge in [-0.2, -0.15) is 0 Å². The van der Waals surface area contributed by atoms with Crippen molar-refractivity contribution in [2.75, 3.05) is 24.8 Å². The molecule has 1 atom stereocenters. The van der Waals surface area contributed by atoms with Crippen molar-refractivity contribution in [1.82, 2.24) is 9.97 Å². The number of hydrogen-bond donors (Lipinski definition) is 1. The van der Waals surface area contributed by atoms with Gasteiger partial charge in [-0.05, 0) is 31.9 Å². The average Bonchev–Trinajstić information content (AvgIpc) is 2.46. The van der Waals surface area contributed by atoms with Crippen molar-refractivity contribution in [3.63, 3.8) is 0 Å². The summed E-state index contributed by atoms with van der Waals surface area (Å²) in [5.41, 5.74) is 6.98. The van der Waals surface area contributed by atoms with Crippen molar-refractivity contribution in [2.24, 2.45) is 0 Å². The highest BCUT2D eigenvalue weighted by molar-refractivity contribution is 5.47. The average molecular weight is 286 g/mol. The van der Waals surface area contributed by atoms with Crippen LogP contribution in [0.2, 0.25) is 0 Å². The number of nitrogens with two attached hydrogens (primary N) is 1. The van der Waals surface area contributed by atoms with Gasteiger partial charge in [0.05, 0.1) is 7.11 Å². The number of nitrogen functional groups attached to an aromatic ring is 1. The lowest BCUT2D eigenvalue weighted by molar-refractivity contribution is 0.408. The zero-order valence-corrected chi connectivity index (χ0v) is 13.0. The summed E-state index contributed by atoms with van der Waals surface area (Å²) in [6.07, 6.45) is 0.865. The molecule has 0 amide bonds. The van der Waals surface area contributed by atoms with Crippen LogP contribution in [0.15, 0.2) is 30.3 Å². The summed E-state index contributed by atoms with van der Waals surface area (Å²) >= 11 is 0. The van der Waals surface area contributed by atoms with E-state index in [4.69, 9.17) is 10.5 Å². The Balaban J connectivity index is 2.17. The molecule has 1 aromatic carbocycles. The molecule has 0 spiro atoms. The van der Waals surface area contributed by atoms with E-state index in [1.54, 1.807) is 13.2 Å². The molecule has 0 fully saturated rings. The summed E-state index contributed by atoms with van der Waals surface area (Å²) in [6, 6.07) is 10.1. The molecular weight excluding hydrogens is 264 g/mol. The van der Waals surface area contributed by atoms with Crippen molar-refractivity contribution in [1.29, 1.82) is 0 Å². The minimum absolute atomic E-state index is 0.259. The van der Waals surface area contributed by atoms with E-state index in [0.717, 1.165) is 18.0 Å². The summed E-state index contributed by atoms with van der Waals surface area (Å²) < 4.78 is 5.41. The molecule has 21 heavy (non-hydrogen) atoms. The van der Waals surface area contributed by atoms with Gasteiger partial charge < -0.3 is 15.4 Å². The molecule has 0 radical (unpaired) electrons. The highest BCUT2D eigenvalue weighted by Gasteiger charge is 2.15. The summed E-state index contributed by atoms with van der Waals surface area (Å²) in [7, 11) is 3.71. The number of benzene rings is 1. The summed E-state index contributed by atoms with van der Waals surface area (Å²) in [5, 5.41) is 0. The Labute approximate surface area is 125 Å². The number of anilines is 2. The van der Waals surface area contributed by atoms with Crippen LogP contribution in [0.4, 0.5) is 11.6 Å². The van der Waals surface area contributed by atoms with Crippen molar-refractivity contribution in [3.8, 4) is 5.75 Å². The molecule has 112 valence electrons. The van der Waals surface area contributed by atoms with Crippen LogP contribution in [0, 0.1) is 6.92 Å². The van der Waals surface area contributed by atoms with Gasteiger partial charge in [-0.15, -0.1) is 0 Å². The minimum Gasteiger partial charge on any atom is -0.496 e. The van der Waals surface area contributed by atoms with Crippen molar-refractivity contribution in [3.05, 3.63) is 41.7 Å². The van der Waals surface area contributed by atoms with Crippen LogP contribution >= 0.6 is 0 Å². The number of methoxy groups -OCH3 is 1. The minimum atomic E-state index is 0.259. The topological polar surface area (TPSA) is 64.3 Å². The lowest BCUT2D eigenvalue weighted by Crippen LogP contribution is -2.31. The number of aryl methyl sites for hydroxylation is 1. The Morgan fingerprint density at radius 3 is 2.67 bits per heavy atom. The normalized spacial score (nSPS) is 12.0. The smallest absolute Gasteiger partial charge is 0.134 e. The second-order valence-electron chi connectivity index (χ2n) is 5.17. The van der Waals surface area contributed by atoms with Crippen molar-refractivity contribution in [2.45, 2.75) is 26.3 Å². The molecule has 2 aromatic rings. The Kier molecular flexibility index (Phi) is 4.62. The Hall–Kier alpha value is -2.30. The van der Waals surface area contributed by atoms with Crippen molar-refractivity contribution >= 4 is 11.6 Å². The zero-order valence-electron chi connectivity index (χ0n) is 13.0. The lowest BCUT2D eigenvalue weighted by Gasteiger charge is -2.27. The summed E-state index contributed by atoms with van der Waals surface area (Å²) in [6.45, 7) is 4.00. The summed E-state index contributed by atoms with van der Waals surface area (Å²) in [5.74, 6) is 2.92. The first-order valence-electron chi connectivity index (χ1n) is 6.97. The zero-order chi connectivity index (χ0) is 15.4. The number of para-hydroxylation sites is 1. The molecule has 0 saturated carbocycles. The first kappa shape index (κ1) is 15.1. The number of likely N-dealkylation sites (N-methyl/N-ethyl adjacent to an activating group) is 1. The molecule has 0 aliphatic carbocycles. The predicted molar refractivity (Wildman–Crippen MR) is 85.7 cm³/mol. The molecule has 2 N–H and O–H groups in total. The van der Waals surface area contributed by atoms with Gasteiger partial charge in [0.15, 0.2) is 0 Å². The molecule has 1 aromatic heterocycles. The molecule has 0 aliphatic heterocycles. The number of rotatable bonds is 5. The summed E-state index contributed by atoms with van der Waals surface area (Å²) in [4.78, 5) is 10.7. The van der Waals surface area contributed by atoms with Gasteiger partial charge in [0.2, 0.25) is 0 Å². The number of hydrogen-bond acceptors (Lipinski definition) is 5. The molecule has 0 saturated heterocycles. The van der Waals surface area contributed by atoms with E-state index >= 15 is 0 Å². The molecule has 5 heteroatoms. The second kappa shape index (κ2) is 6.43. The van der Waals surface area contributed by atoms with Crippen LogP contribution in [0.1, 0.15) is 18.3 Å². The van der Waals surface area contributed by atoms with Crippen LogP contribution in [0.25, 0.3) is 0 Å². The van der Waals surface area contributed by atoms with Gasteiger partial charge >= 0.3 is 0 Å². The Bertz CT molecular complexity index is 595. The highest BCUT2D eigenvalue weighted by Crippen LogP contribution is 2.22. The Morgan fingerprint density at radius 2 is 2.00 bits per heavy atom. The standard InChI is InChI=1S/C16H22N4O/c1-11(9-13-7-5-6-8-14(13)21-4)20(3)16-10-15(17)18-12(2)19-16/h5-8,10-11H,9H2,1-4H3,(H2,17,18,19). The lowest BCUT2D eigenvalue weighted by atomic mass is 10.1. The number of aromatic nitrogens is 2. The van der Waals surface area contributed by atoms with Gasteiger partial charge in [-0.25, -0.2) is 9.97 Å². The van der Waals surface area contributed by atoms with Gasteiger partial charge in [0.25, 0.3) is 0 Å². The largest absolute Gasteiger partial charge is 0.496 e. The van der Waals surface area contributed by atoms with E-state index in [2.05, 4.69) is 27.9 Å². The maximum absolute atomic E-state index is 5.80.